The van der Waals surface area contributed by atoms with Crippen molar-refractivity contribution in [3.63, 3.8) is 0 Å². The minimum absolute atomic E-state index is 0.00325. The third-order valence-corrected chi connectivity index (χ3v) is 8.88. The summed E-state index contributed by atoms with van der Waals surface area (Å²) in [6, 6.07) is 6.29. The number of amides is 1. The molecule has 3 aliphatic rings. The largest absolute Gasteiger partial charge is 0.326 e. The summed E-state index contributed by atoms with van der Waals surface area (Å²) >= 11 is 0. The van der Waals surface area contributed by atoms with Gasteiger partial charge in [0.25, 0.3) is 0 Å². The molecule has 6 nitrogen and oxygen atoms in total. The third-order valence-electron chi connectivity index (χ3n) is 6.99. The van der Waals surface area contributed by atoms with Gasteiger partial charge >= 0.3 is 0 Å². The summed E-state index contributed by atoms with van der Waals surface area (Å²) in [4.78, 5) is 14.6. The lowest BCUT2D eigenvalue weighted by atomic mass is 9.92. The van der Waals surface area contributed by atoms with E-state index in [1.54, 1.807) is 22.5 Å². The Labute approximate surface area is 174 Å². The van der Waals surface area contributed by atoms with Crippen molar-refractivity contribution in [1.82, 2.24) is 9.21 Å². The van der Waals surface area contributed by atoms with E-state index in [1.807, 2.05) is 0 Å². The quantitative estimate of drug-likeness (QED) is 0.812. The second kappa shape index (κ2) is 8.74. The van der Waals surface area contributed by atoms with Gasteiger partial charge in [0.1, 0.15) is 0 Å². The zero-order valence-corrected chi connectivity index (χ0v) is 18.2. The molecule has 7 heteroatoms. The number of hydrogen-bond donors (Lipinski definition) is 1. The summed E-state index contributed by atoms with van der Waals surface area (Å²) in [5.74, 6) is 0.00325. The van der Waals surface area contributed by atoms with Crippen LogP contribution in [0.5, 0.6) is 0 Å². The Hall–Kier alpha value is -1.44. The zero-order valence-electron chi connectivity index (χ0n) is 17.4. The number of aryl methyl sites for hydroxylation is 1. The summed E-state index contributed by atoms with van der Waals surface area (Å²) in [7, 11) is -1.27. The lowest BCUT2D eigenvalue weighted by Gasteiger charge is -2.41. The number of benzene rings is 1. The van der Waals surface area contributed by atoms with Crippen molar-refractivity contribution < 1.29 is 13.2 Å². The molecule has 1 amide bonds. The minimum Gasteiger partial charge on any atom is -0.326 e. The maximum absolute atomic E-state index is 13.2. The number of anilines is 1. The molecule has 1 saturated carbocycles. The predicted molar refractivity (Wildman–Crippen MR) is 114 cm³/mol. The summed E-state index contributed by atoms with van der Waals surface area (Å²) < 4.78 is 28.1. The molecule has 0 atom stereocenters. The van der Waals surface area contributed by atoms with Crippen molar-refractivity contribution >= 4 is 21.6 Å². The highest BCUT2D eigenvalue weighted by atomic mass is 32.2. The van der Waals surface area contributed by atoms with E-state index in [4.69, 9.17) is 0 Å². The van der Waals surface area contributed by atoms with Crippen molar-refractivity contribution in [1.29, 1.82) is 0 Å². The Morgan fingerprint density at radius 1 is 0.966 bits per heavy atom. The molecule has 1 N–H and O–H groups in total. The van der Waals surface area contributed by atoms with E-state index >= 15 is 0 Å². The molecule has 0 bridgehead atoms. The maximum atomic E-state index is 13.2. The molecule has 4 rings (SSSR count). The first kappa shape index (κ1) is 20.8. The van der Waals surface area contributed by atoms with E-state index in [-0.39, 0.29) is 5.91 Å². The Kier molecular flexibility index (Phi) is 6.27. The standard InChI is InChI=1S/C22H33N3O3S/c1-24(18-7-3-2-4-8-18)19-12-14-25(15-13-19)29(27,28)20-10-11-21-17(16-20)6-5-9-22(26)23-21/h10-11,16,18-19H,2-9,12-15H2,1H3,(H,23,26). The van der Waals surface area contributed by atoms with Crippen molar-refractivity contribution in [2.45, 2.75) is 81.2 Å². The number of nitrogens with one attached hydrogen (secondary N) is 1. The van der Waals surface area contributed by atoms with Gasteiger partial charge in [-0.25, -0.2) is 8.42 Å². The highest BCUT2D eigenvalue weighted by Gasteiger charge is 2.33. The topological polar surface area (TPSA) is 69.7 Å². The predicted octanol–water partition coefficient (Wildman–Crippen LogP) is 3.38. The molecule has 1 aromatic carbocycles. The van der Waals surface area contributed by atoms with Crippen LogP contribution in [0.3, 0.4) is 0 Å². The molecule has 29 heavy (non-hydrogen) atoms. The molecule has 2 aliphatic heterocycles. The minimum atomic E-state index is -3.49. The van der Waals surface area contributed by atoms with Gasteiger partial charge in [0, 0.05) is 37.3 Å². The van der Waals surface area contributed by atoms with Crippen LogP contribution in [0.1, 0.15) is 63.4 Å². The molecule has 1 saturated heterocycles. The van der Waals surface area contributed by atoms with Gasteiger partial charge in [-0.2, -0.15) is 4.31 Å². The monoisotopic (exact) mass is 419 g/mol. The number of piperidine rings is 1. The van der Waals surface area contributed by atoms with E-state index < -0.39 is 10.0 Å². The number of fused-ring (bicyclic) bond motifs is 1. The highest BCUT2D eigenvalue weighted by Crippen LogP contribution is 2.30. The number of nitrogens with zero attached hydrogens (tertiary/aromatic N) is 2. The van der Waals surface area contributed by atoms with Gasteiger partial charge in [-0.1, -0.05) is 19.3 Å². The first-order chi connectivity index (χ1) is 13.9. The fraction of sp³-hybridized carbons (Fsp3) is 0.682. The Balaban J connectivity index is 1.42. The number of hydrogen-bond acceptors (Lipinski definition) is 4. The lowest BCUT2D eigenvalue weighted by molar-refractivity contribution is -0.116. The Morgan fingerprint density at radius 2 is 1.66 bits per heavy atom. The van der Waals surface area contributed by atoms with Crippen molar-refractivity contribution in [2.24, 2.45) is 0 Å². The summed E-state index contributed by atoms with van der Waals surface area (Å²) in [5.41, 5.74) is 1.67. The summed E-state index contributed by atoms with van der Waals surface area (Å²) in [6.45, 7) is 1.16. The van der Waals surface area contributed by atoms with Crippen LogP contribution in [0.25, 0.3) is 0 Å². The second-order valence-corrected chi connectivity index (χ2v) is 10.8. The van der Waals surface area contributed by atoms with Crippen molar-refractivity contribution in [3.8, 4) is 0 Å². The molecule has 2 fully saturated rings. The highest BCUT2D eigenvalue weighted by molar-refractivity contribution is 7.89. The van der Waals surface area contributed by atoms with Crippen LogP contribution >= 0.6 is 0 Å². The molecule has 160 valence electrons. The van der Waals surface area contributed by atoms with E-state index in [1.165, 1.54) is 32.1 Å². The van der Waals surface area contributed by atoms with Gasteiger partial charge in [0.15, 0.2) is 0 Å². The molecule has 0 aromatic heterocycles. The second-order valence-electron chi connectivity index (χ2n) is 8.81. The van der Waals surface area contributed by atoms with Gasteiger partial charge in [-0.3, -0.25) is 4.79 Å². The number of rotatable bonds is 4. The van der Waals surface area contributed by atoms with Crippen LogP contribution < -0.4 is 5.32 Å². The Bertz CT molecular complexity index is 841. The van der Waals surface area contributed by atoms with Crippen LogP contribution in [0.2, 0.25) is 0 Å². The van der Waals surface area contributed by atoms with E-state index in [2.05, 4.69) is 17.3 Å². The van der Waals surface area contributed by atoms with Gasteiger partial charge < -0.3 is 10.2 Å². The molecule has 0 radical (unpaired) electrons. The smallest absolute Gasteiger partial charge is 0.243 e. The number of sulfonamides is 1. The normalized spacial score (nSPS) is 22.9. The van der Waals surface area contributed by atoms with Crippen LogP contribution in [-0.4, -0.2) is 55.8 Å². The van der Waals surface area contributed by atoms with Crippen LogP contribution in [0.4, 0.5) is 5.69 Å². The molecule has 1 aliphatic carbocycles. The van der Waals surface area contributed by atoms with Crippen LogP contribution in [0, 0.1) is 0 Å². The summed E-state index contributed by atoms with van der Waals surface area (Å²) in [6.07, 6.45) is 10.3. The molecule has 2 heterocycles. The van der Waals surface area contributed by atoms with Gasteiger partial charge in [0.05, 0.1) is 4.90 Å². The summed E-state index contributed by atoms with van der Waals surface area (Å²) in [5, 5.41) is 2.88. The molecule has 0 spiro atoms. The molecular formula is C22H33N3O3S. The fourth-order valence-corrected chi connectivity index (χ4v) is 6.66. The fourth-order valence-electron chi connectivity index (χ4n) is 5.14. The van der Waals surface area contributed by atoms with Gasteiger partial charge in [-0.15, -0.1) is 0 Å². The number of carbonyl (C=O) groups is 1. The molecular weight excluding hydrogens is 386 g/mol. The van der Waals surface area contributed by atoms with Gasteiger partial charge in [0.2, 0.25) is 15.9 Å². The van der Waals surface area contributed by atoms with E-state index in [0.29, 0.717) is 36.5 Å². The average molecular weight is 420 g/mol. The number of carbonyl (C=O) groups excluding carboxylic acids is 1. The Morgan fingerprint density at radius 3 is 2.38 bits per heavy atom. The average Bonchev–Trinajstić information content (AvgIpc) is 2.93. The maximum Gasteiger partial charge on any atom is 0.243 e. The van der Waals surface area contributed by atoms with Crippen LogP contribution in [0.15, 0.2) is 23.1 Å². The lowest BCUT2D eigenvalue weighted by Crippen LogP contribution is -2.48. The third kappa shape index (κ3) is 4.52. The SMILES string of the molecule is CN(C1CCCCC1)C1CCN(S(=O)(=O)c2ccc3c(c2)CCCC(=O)N3)CC1. The zero-order chi connectivity index (χ0) is 20.4. The first-order valence-electron chi connectivity index (χ1n) is 11.1. The molecule has 0 unspecified atom stereocenters. The van der Waals surface area contributed by atoms with Crippen molar-refractivity contribution in [2.75, 3.05) is 25.5 Å². The van der Waals surface area contributed by atoms with Gasteiger partial charge in [-0.05, 0) is 69.3 Å². The first-order valence-corrected chi connectivity index (χ1v) is 12.5. The van der Waals surface area contributed by atoms with Crippen LogP contribution in [-0.2, 0) is 21.2 Å². The van der Waals surface area contributed by atoms with Crippen molar-refractivity contribution in [3.05, 3.63) is 23.8 Å². The van der Waals surface area contributed by atoms with E-state index in [9.17, 15) is 13.2 Å². The molecule has 1 aromatic rings. The van der Waals surface area contributed by atoms with E-state index in [0.717, 1.165) is 36.9 Å².